The third-order valence-corrected chi connectivity index (χ3v) is 6.26. The Morgan fingerprint density at radius 1 is 1.41 bits per heavy atom. The maximum atomic E-state index is 13.9. The van der Waals surface area contributed by atoms with Gasteiger partial charge in [-0.3, -0.25) is 19.2 Å². The Balaban J connectivity index is 2.25. The summed E-state index contributed by atoms with van der Waals surface area (Å²) in [6.45, 7) is 7.50. The number of hydrogen-bond donors (Lipinski definition) is 1. The topological polar surface area (TPSA) is 107 Å². The maximum Gasteiger partial charge on any atom is 0.327 e. The van der Waals surface area contributed by atoms with Crippen molar-refractivity contribution in [2.75, 3.05) is 13.2 Å². The Morgan fingerprint density at radius 2 is 2.10 bits per heavy atom. The zero-order valence-electron chi connectivity index (χ0n) is 16.7. The van der Waals surface area contributed by atoms with E-state index in [2.05, 4.69) is 6.58 Å². The van der Waals surface area contributed by atoms with Crippen molar-refractivity contribution in [3.8, 4) is 5.75 Å². The lowest BCUT2D eigenvalue weighted by atomic mass is 9.56. The van der Waals surface area contributed by atoms with E-state index < -0.39 is 47.0 Å². The monoisotopic (exact) mass is 400 g/mol. The largest absolute Gasteiger partial charge is 0.465 e. The van der Waals surface area contributed by atoms with Crippen LogP contribution in [0.5, 0.6) is 5.75 Å². The first-order chi connectivity index (χ1) is 13.6. The number of ether oxygens (including phenoxy) is 2. The van der Waals surface area contributed by atoms with Crippen LogP contribution in [0.25, 0.3) is 0 Å². The molecular formula is C22H24O7. The molecule has 7 heteroatoms. The molecule has 1 heterocycles. The Morgan fingerprint density at radius 3 is 2.69 bits per heavy atom. The first kappa shape index (κ1) is 20.9. The van der Waals surface area contributed by atoms with Crippen LogP contribution in [0.1, 0.15) is 36.2 Å². The highest BCUT2D eigenvalue weighted by atomic mass is 16.5. The lowest BCUT2D eigenvalue weighted by Crippen LogP contribution is -2.58. The number of fused-ring (bicyclic) bond motifs is 1. The van der Waals surface area contributed by atoms with Gasteiger partial charge >= 0.3 is 11.9 Å². The molecule has 1 aromatic carbocycles. The molecule has 0 unspecified atom stereocenters. The van der Waals surface area contributed by atoms with Gasteiger partial charge < -0.3 is 14.6 Å². The van der Waals surface area contributed by atoms with E-state index in [1.165, 1.54) is 19.1 Å². The van der Waals surface area contributed by atoms with Crippen molar-refractivity contribution in [3.05, 3.63) is 42.0 Å². The molecule has 0 saturated heterocycles. The zero-order valence-corrected chi connectivity index (χ0v) is 16.7. The smallest absolute Gasteiger partial charge is 0.327 e. The summed E-state index contributed by atoms with van der Waals surface area (Å²) >= 11 is 0. The van der Waals surface area contributed by atoms with Crippen molar-refractivity contribution in [1.82, 2.24) is 0 Å². The molecule has 154 valence electrons. The van der Waals surface area contributed by atoms with Crippen LogP contribution >= 0.6 is 0 Å². The lowest BCUT2D eigenvalue weighted by molar-refractivity contribution is -0.156. The maximum absolute atomic E-state index is 13.9. The van der Waals surface area contributed by atoms with Crippen molar-refractivity contribution in [2.24, 2.45) is 22.7 Å². The standard InChI is InChI=1S/C22H24O7/c1-5-21(4)9-15(25)18(14(10-23)11-28-13(3)24)22(21)19(26)17-12(2)7-6-8-16(17)29-20(22)27/h5-8,14,18,23H,1,9-11H2,2-4H3/t14-,18-,21+,22+/m0/s1. The molecule has 1 fully saturated rings. The molecule has 1 aliphatic heterocycles. The summed E-state index contributed by atoms with van der Waals surface area (Å²) in [7, 11) is 0. The number of hydrogen-bond acceptors (Lipinski definition) is 7. The van der Waals surface area contributed by atoms with Crippen LogP contribution in [0.15, 0.2) is 30.9 Å². The summed E-state index contributed by atoms with van der Waals surface area (Å²) < 4.78 is 10.6. The Labute approximate surface area is 168 Å². The summed E-state index contributed by atoms with van der Waals surface area (Å²) in [5.74, 6) is -4.33. The number of rotatable bonds is 5. The van der Waals surface area contributed by atoms with Gasteiger partial charge in [0.1, 0.15) is 11.5 Å². The van der Waals surface area contributed by atoms with Gasteiger partial charge in [-0.25, -0.2) is 0 Å². The van der Waals surface area contributed by atoms with Crippen LogP contribution in [-0.2, 0) is 19.1 Å². The molecule has 7 nitrogen and oxygen atoms in total. The van der Waals surface area contributed by atoms with Crippen LogP contribution in [0.2, 0.25) is 0 Å². The molecule has 3 rings (SSSR count). The van der Waals surface area contributed by atoms with Crippen LogP contribution in [0.3, 0.4) is 0 Å². The number of carbonyl (C=O) groups excluding carboxylic acids is 4. The SMILES string of the molecule is C=C[C@]1(C)CC(=O)[C@H]([C@@H](CO)COC(C)=O)[C@@]12C(=O)Oc1cccc(C)c1C2=O. The number of aliphatic hydroxyl groups is 1. The van der Waals surface area contributed by atoms with Crippen LogP contribution in [-0.4, -0.2) is 41.8 Å². The number of ketones is 2. The molecule has 1 aliphatic carbocycles. The Bertz CT molecular complexity index is 918. The van der Waals surface area contributed by atoms with Crippen LogP contribution < -0.4 is 4.74 Å². The number of Topliss-reactive ketones (excluding diaryl/α,β-unsaturated/α-hetero) is 2. The lowest BCUT2D eigenvalue weighted by Gasteiger charge is -2.45. The molecule has 0 radical (unpaired) electrons. The van der Waals surface area contributed by atoms with Crippen LogP contribution in [0.4, 0.5) is 0 Å². The highest BCUT2D eigenvalue weighted by Crippen LogP contribution is 2.61. The first-order valence-corrected chi connectivity index (χ1v) is 9.41. The quantitative estimate of drug-likeness (QED) is 0.349. The summed E-state index contributed by atoms with van der Waals surface area (Å²) in [6.07, 6.45) is 1.33. The van der Waals surface area contributed by atoms with Crippen molar-refractivity contribution in [1.29, 1.82) is 0 Å². The summed E-state index contributed by atoms with van der Waals surface area (Å²) in [5, 5.41) is 9.96. The van der Waals surface area contributed by atoms with E-state index in [9.17, 15) is 24.3 Å². The number of allylic oxidation sites excluding steroid dienone is 1. The van der Waals surface area contributed by atoms with Gasteiger partial charge in [-0.1, -0.05) is 25.1 Å². The van der Waals surface area contributed by atoms with Crippen LogP contribution in [0, 0.1) is 29.6 Å². The molecule has 2 aliphatic rings. The highest BCUT2D eigenvalue weighted by molar-refractivity contribution is 6.22. The van der Waals surface area contributed by atoms with E-state index in [0.717, 1.165) is 0 Å². The van der Waals surface area contributed by atoms with Gasteiger partial charge in [0, 0.05) is 31.3 Å². The average Bonchev–Trinajstić information content (AvgIpc) is 2.89. The molecule has 1 aromatic rings. The van der Waals surface area contributed by atoms with Gasteiger partial charge in [0.25, 0.3) is 0 Å². The minimum Gasteiger partial charge on any atom is -0.465 e. The minimum atomic E-state index is -1.89. The van der Waals surface area contributed by atoms with E-state index in [-0.39, 0.29) is 30.1 Å². The molecule has 29 heavy (non-hydrogen) atoms. The number of esters is 2. The fourth-order valence-electron chi connectivity index (χ4n) is 4.78. The zero-order chi connectivity index (χ0) is 21.6. The number of aliphatic hydroxyl groups excluding tert-OH is 1. The average molecular weight is 400 g/mol. The van der Waals surface area contributed by atoms with Crippen molar-refractivity contribution in [3.63, 3.8) is 0 Å². The normalized spacial score (nSPS) is 29.4. The van der Waals surface area contributed by atoms with E-state index in [1.54, 1.807) is 26.0 Å². The fraction of sp³-hybridized carbons (Fsp3) is 0.455. The summed E-state index contributed by atoms with van der Waals surface area (Å²) in [5.41, 5.74) is -2.25. The van der Waals surface area contributed by atoms with Crippen molar-refractivity contribution in [2.45, 2.75) is 27.2 Å². The van der Waals surface area contributed by atoms with Gasteiger partial charge in [0.05, 0.1) is 18.1 Å². The van der Waals surface area contributed by atoms with E-state index in [0.29, 0.717) is 5.56 Å². The Kier molecular flexibility index (Phi) is 5.21. The van der Waals surface area contributed by atoms with Crippen molar-refractivity contribution < 1.29 is 33.8 Å². The summed E-state index contributed by atoms with van der Waals surface area (Å²) in [6, 6.07) is 4.93. The molecule has 0 bridgehead atoms. The number of benzene rings is 1. The fourth-order valence-corrected chi connectivity index (χ4v) is 4.78. The third kappa shape index (κ3) is 2.83. The van der Waals surface area contributed by atoms with Gasteiger partial charge in [-0.2, -0.15) is 0 Å². The van der Waals surface area contributed by atoms with E-state index in [4.69, 9.17) is 9.47 Å². The predicted molar refractivity (Wildman–Crippen MR) is 102 cm³/mol. The molecule has 0 amide bonds. The minimum absolute atomic E-state index is 0.111. The van der Waals surface area contributed by atoms with Gasteiger partial charge in [-0.05, 0) is 18.6 Å². The number of carbonyl (C=O) groups is 4. The first-order valence-electron chi connectivity index (χ1n) is 9.41. The van der Waals surface area contributed by atoms with Crippen molar-refractivity contribution >= 4 is 23.5 Å². The Hall–Kier alpha value is -2.80. The molecule has 4 atom stereocenters. The number of aryl methyl sites for hydroxylation is 1. The van der Waals surface area contributed by atoms with Gasteiger partial charge in [-0.15, -0.1) is 6.58 Å². The molecule has 1 spiro atoms. The predicted octanol–water partition coefficient (Wildman–Crippen LogP) is 2.04. The highest BCUT2D eigenvalue weighted by Gasteiger charge is 2.73. The molecular weight excluding hydrogens is 376 g/mol. The van der Waals surface area contributed by atoms with Gasteiger partial charge in [0.2, 0.25) is 0 Å². The van der Waals surface area contributed by atoms with E-state index >= 15 is 0 Å². The van der Waals surface area contributed by atoms with E-state index in [1.807, 2.05) is 0 Å². The summed E-state index contributed by atoms with van der Waals surface area (Å²) in [4.78, 5) is 51.6. The molecule has 1 saturated carbocycles. The second-order valence-electron chi connectivity index (χ2n) is 7.96. The molecule has 1 N–H and O–H groups in total. The van der Waals surface area contributed by atoms with Gasteiger partial charge in [0.15, 0.2) is 11.2 Å². The third-order valence-electron chi connectivity index (χ3n) is 6.26. The second-order valence-corrected chi connectivity index (χ2v) is 7.96. The molecule has 0 aromatic heterocycles. The second kappa shape index (κ2) is 7.22.